The number of hydrogen-bond donors (Lipinski definition) is 0. The van der Waals surface area contributed by atoms with Crippen LogP contribution in [0.4, 0.5) is 0 Å². The first-order valence-electron chi connectivity index (χ1n) is 10.6. The Hall–Kier alpha value is -3.42. The molecule has 3 nitrogen and oxygen atoms in total. The monoisotopic (exact) mass is 438 g/mol. The first-order valence-corrected chi connectivity index (χ1v) is 12.3. The lowest BCUT2D eigenvalue weighted by Gasteiger charge is -2.37. The molecule has 0 aliphatic carbocycles. The molecule has 1 aliphatic rings. The topological polar surface area (TPSA) is 43.4 Å². The van der Waals surface area contributed by atoms with Gasteiger partial charge in [0.1, 0.15) is 11.5 Å². The highest BCUT2D eigenvalue weighted by molar-refractivity contribution is 7.85. The fraction of sp³-hybridized carbons (Fsp3) is 0.107. The molecule has 32 heavy (non-hydrogen) atoms. The Morgan fingerprint density at radius 3 is 1.78 bits per heavy atom. The summed E-state index contributed by atoms with van der Waals surface area (Å²) in [5, 5.41) is 2.14. The van der Waals surface area contributed by atoms with E-state index in [9.17, 15) is 4.79 Å². The highest BCUT2D eigenvalue weighted by Gasteiger charge is 2.41. The highest BCUT2D eigenvalue weighted by atomic mass is 31.2. The number of rotatable bonds is 4. The van der Waals surface area contributed by atoms with Crippen molar-refractivity contribution in [2.45, 2.75) is 19.3 Å². The van der Waals surface area contributed by atoms with Crippen LogP contribution in [-0.4, -0.2) is 6.29 Å². The predicted octanol–water partition coefficient (Wildman–Crippen LogP) is 5.57. The lowest BCUT2D eigenvalue weighted by molar-refractivity contribution is 0.112. The number of carbonyl (C=O) groups is 1. The molecule has 5 rings (SSSR count). The van der Waals surface area contributed by atoms with Crippen molar-refractivity contribution in [2.75, 3.05) is 0 Å². The summed E-state index contributed by atoms with van der Waals surface area (Å²) in [6.45, 7) is 4.23. The zero-order valence-electron chi connectivity index (χ0n) is 18.0. The average Bonchev–Trinajstić information content (AvgIpc) is 2.84. The van der Waals surface area contributed by atoms with E-state index >= 15 is 4.57 Å². The Kier molecular flexibility index (Phi) is 4.87. The summed E-state index contributed by atoms with van der Waals surface area (Å²) in [5.41, 5.74) is 1.97. The largest absolute Gasteiger partial charge is 0.455 e. The maximum absolute atomic E-state index is 15.0. The van der Waals surface area contributed by atoms with Crippen LogP contribution in [0.15, 0.2) is 97.1 Å². The van der Waals surface area contributed by atoms with Gasteiger partial charge in [-0.2, -0.15) is 0 Å². The molecule has 0 amide bonds. The third-order valence-corrected chi connectivity index (χ3v) is 9.38. The summed E-state index contributed by atoms with van der Waals surface area (Å²) >= 11 is 0. The fourth-order valence-corrected chi connectivity index (χ4v) is 7.36. The maximum atomic E-state index is 15.0. The molecule has 1 aliphatic heterocycles. The van der Waals surface area contributed by atoms with E-state index in [-0.39, 0.29) is 0 Å². The third kappa shape index (κ3) is 2.97. The van der Waals surface area contributed by atoms with Gasteiger partial charge in [-0.1, -0.05) is 98.8 Å². The summed E-state index contributed by atoms with van der Waals surface area (Å²) in [4.78, 5) is 11.8. The highest BCUT2D eigenvalue weighted by Crippen LogP contribution is 2.53. The van der Waals surface area contributed by atoms with Gasteiger partial charge >= 0.3 is 0 Å². The molecule has 0 radical (unpaired) electrons. The molecule has 0 N–H and O–H groups in total. The molecule has 0 saturated heterocycles. The smallest absolute Gasteiger partial charge is 0.174 e. The fourth-order valence-electron chi connectivity index (χ4n) is 4.58. The van der Waals surface area contributed by atoms with E-state index in [1.54, 1.807) is 6.07 Å². The van der Waals surface area contributed by atoms with E-state index in [1.165, 1.54) is 0 Å². The van der Waals surface area contributed by atoms with Gasteiger partial charge in [-0.05, 0) is 12.1 Å². The Morgan fingerprint density at radius 2 is 1.22 bits per heavy atom. The van der Waals surface area contributed by atoms with Crippen molar-refractivity contribution in [2.24, 2.45) is 0 Å². The Bertz CT molecular complexity index is 1310. The van der Waals surface area contributed by atoms with Crippen LogP contribution in [0.1, 0.15) is 35.3 Å². The van der Waals surface area contributed by atoms with Crippen molar-refractivity contribution >= 4 is 29.3 Å². The molecule has 1 heterocycles. The molecule has 0 fully saturated rings. The normalized spacial score (nSPS) is 14.1. The van der Waals surface area contributed by atoms with Crippen LogP contribution >= 0.6 is 7.14 Å². The quantitative estimate of drug-likeness (QED) is 0.309. The van der Waals surface area contributed by atoms with Crippen molar-refractivity contribution in [3.05, 3.63) is 114 Å². The standard InChI is InChI=1S/C28H23O3P/c1-28(2)23-16-9-11-20(19-29)26(23)31-27-24(28)17-10-18-25(27)32(30,21-12-5-3-6-13-21)22-14-7-4-8-15-22/h3-19H,1-2H3. The van der Waals surface area contributed by atoms with Crippen molar-refractivity contribution in [1.82, 2.24) is 0 Å². The first kappa shape index (κ1) is 20.5. The molecule has 0 spiro atoms. The van der Waals surface area contributed by atoms with Crippen molar-refractivity contribution in [3.63, 3.8) is 0 Å². The van der Waals surface area contributed by atoms with Gasteiger partial charge in [0.15, 0.2) is 13.4 Å². The SMILES string of the molecule is CC1(C)c2cccc(C=O)c2Oc2c1cccc2P(=O)(c1ccccc1)c1ccccc1. The summed E-state index contributed by atoms with van der Waals surface area (Å²) in [7, 11) is -3.24. The molecular formula is C28H23O3P. The first-order chi connectivity index (χ1) is 15.5. The summed E-state index contributed by atoms with van der Waals surface area (Å²) in [6, 6.07) is 30.6. The zero-order valence-corrected chi connectivity index (χ0v) is 18.9. The van der Waals surface area contributed by atoms with Crippen LogP contribution in [0, 0.1) is 0 Å². The van der Waals surface area contributed by atoms with Crippen molar-refractivity contribution in [3.8, 4) is 11.5 Å². The number of fused-ring (bicyclic) bond motifs is 2. The van der Waals surface area contributed by atoms with Crippen LogP contribution < -0.4 is 20.7 Å². The van der Waals surface area contributed by atoms with E-state index in [2.05, 4.69) is 13.8 Å². The molecule has 4 aromatic rings. The minimum Gasteiger partial charge on any atom is -0.455 e. The van der Waals surface area contributed by atoms with E-state index in [0.717, 1.165) is 28.0 Å². The van der Waals surface area contributed by atoms with Gasteiger partial charge in [0, 0.05) is 27.2 Å². The summed E-state index contributed by atoms with van der Waals surface area (Å²) in [6.07, 6.45) is 0.816. The van der Waals surface area contributed by atoms with Crippen LogP contribution in [0.3, 0.4) is 0 Å². The van der Waals surface area contributed by atoms with Crippen LogP contribution in [0.5, 0.6) is 11.5 Å². The zero-order chi connectivity index (χ0) is 22.3. The summed E-state index contributed by atoms with van der Waals surface area (Å²) in [5.74, 6) is 1.12. The molecule has 0 aromatic heterocycles. The molecule has 0 bridgehead atoms. The molecule has 0 unspecified atom stereocenters. The second-order valence-electron chi connectivity index (χ2n) is 8.50. The number of benzene rings is 4. The average molecular weight is 438 g/mol. The van der Waals surface area contributed by atoms with Crippen LogP contribution in [0.2, 0.25) is 0 Å². The van der Waals surface area contributed by atoms with Crippen molar-refractivity contribution < 1.29 is 14.1 Å². The number of carbonyl (C=O) groups excluding carboxylic acids is 1. The Morgan fingerprint density at radius 1 is 0.688 bits per heavy atom. The van der Waals surface area contributed by atoms with Crippen LogP contribution in [-0.2, 0) is 9.98 Å². The van der Waals surface area contributed by atoms with Gasteiger partial charge in [0.2, 0.25) is 0 Å². The number of ether oxygens (including phenoxy) is 1. The minimum atomic E-state index is -3.24. The number of para-hydroxylation sites is 2. The summed E-state index contributed by atoms with van der Waals surface area (Å²) < 4.78 is 21.5. The van der Waals surface area contributed by atoms with Gasteiger partial charge in [0.25, 0.3) is 0 Å². The van der Waals surface area contributed by atoms with Crippen molar-refractivity contribution in [1.29, 1.82) is 0 Å². The van der Waals surface area contributed by atoms with E-state index in [0.29, 0.717) is 22.4 Å². The molecule has 158 valence electrons. The van der Waals surface area contributed by atoms with Gasteiger partial charge in [-0.15, -0.1) is 0 Å². The molecular weight excluding hydrogens is 415 g/mol. The molecule has 0 atom stereocenters. The van der Waals surface area contributed by atoms with Gasteiger partial charge in [0.05, 0.1) is 10.9 Å². The van der Waals surface area contributed by atoms with Crippen LogP contribution in [0.25, 0.3) is 0 Å². The van der Waals surface area contributed by atoms with E-state index < -0.39 is 12.6 Å². The maximum Gasteiger partial charge on any atom is 0.174 e. The second kappa shape index (κ2) is 7.62. The minimum absolute atomic E-state index is 0.420. The Balaban J connectivity index is 1.83. The number of hydrogen-bond acceptors (Lipinski definition) is 3. The Labute approximate surface area is 188 Å². The van der Waals surface area contributed by atoms with E-state index in [1.807, 2.05) is 91.0 Å². The number of aldehydes is 1. The van der Waals surface area contributed by atoms with E-state index in [4.69, 9.17) is 4.74 Å². The molecule has 4 aromatic carbocycles. The van der Waals surface area contributed by atoms with Gasteiger partial charge < -0.3 is 9.30 Å². The third-order valence-electron chi connectivity index (χ3n) is 6.30. The predicted molar refractivity (Wildman–Crippen MR) is 130 cm³/mol. The molecule has 0 saturated carbocycles. The van der Waals surface area contributed by atoms with Gasteiger partial charge in [-0.3, -0.25) is 4.79 Å². The second-order valence-corrected chi connectivity index (χ2v) is 11.2. The lowest BCUT2D eigenvalue weighted by atomic mass is 9.75. The lowest BCUT2D eigenvalue weighted by Crippen LogP contribution is -2.31. The van der Waals surface area contributed by atoms with Gasteiger partial charge in [-0.25, -0.2) is 0 Å². The molecule has 4 heteroatoms.